The second-order valence-electron chi connectivity index (χ2n) is 4.93. The number of nitrogens with zero attached hydrogens (tertiary/aromatic N) is 1. The Balaban J connectivity index is 2.00. The monoisotopic (exact) mass is 275 g/mol. The van der Waals surface area contributed by atoms with Crippen LogP contribution in [0.1, 0.15) is 25.7 Å². The van der Waals surface area contributed by atoms with Crippen molar-refractivity contribution in [2.75, 3.05) is 12.0 Å². The first kappa shape index (κ1) is 12.8. The molecule has 3 rings (SSSR count). The van der Waals surface area contributed by atoms with Crippen molar-refractivity contribution in [2.24, 2.45) is 0 Å². The molecule has 104 valence electrons. The molecule has 20 heavy (non-hydrogen) atoms. The molecule has 0 N–H and O–H groups in total. The van der Waals surface area contributed by atoms with Crippen LogP contribution in [-0.4, -0.2) is 18.9 Å². The standard InChI is InChI=1S/C15H14FNO3/c1-20-9-6-7-13(12(16)8-9)17-14(18)10-4-2-3-5-11(10)15(17)19/h6-8H,2-5H2,1H3. The van der Waals surface area contributed by atoms with E-state index in [2.05, 4.69) is 0 Å². The summed E-state index contributed by atoms with van der Waals surface area (Å²) in [5, 5.41) is 0. The van der Waals surface area contributed by atoms with Crippen LogP contribution in [0.25, 0.3) is 0 Å². The smallest absolute Gasteiger partial charge is 0.261 e. The number of rotatable bonds is 2. The van der Waals surface area contributed by atoms with Gasteiger partial charge in [-0.05, 0) is 37.8 Å². The number of ether oxygens (including phenoxy) is 1. The van der Waals surface area contributed by atoms with Crippen LogP contribution in [0.15, 0.2) is 29.3 Å². The topological polar surface area (TPSA) is 46.6 Å². The van der Waals surface area contributed by atoms with Gasteiger partial charge in [-0.25, -0.2) is 9.29 Å². The third-order valence-corrected chi connectivity index (χ3v) is 3.79. The molecule has 4 nitrogen and oxygen atoms in total. The molecular weight excluding hydrogens is 261 g/mol. The number of carbonyl (C=O) groups is 2. The van der Waals surface area contributed by atoms with Crippen LogP contribution in [0.2, 0.25) is 0 Å². The third kappa shape index (κ3) is 1.81. The molecule has 2 aliphatic rings. The molecular formula is C15H14FNO3. The molecule has 1 aliphatic heterocycles. The molecule has 1 aliphatic carbocycles. The number of hydrogen-bond donors (Lipinski definition) is 0. The van der Waals surface area contributed by atoms with E-state index in [1.165, 1.54) is 25.3 Å². The first-order valence-electron chi connectivity index (χ1n) is 6.58. The maximum atomic E-state index is 14.1. The summed E-state index contributed by atoms with van der Waals surface area (Å²) < 4.78 is 19.0. The largest absolute Gasteiger partial charge is 0.497 e. The number of hydrogen-bond acceptors (Lipinski definition) is 3. The van der Waals surface area contributed by atoms with E-state index < -0.39 is 5.82 Å². The molecule has 5 heteroatoms. The quantitative estimate of drug-likeness (QED) is 0.779. The Morgan fingerprint density at radius 1 is 1.10 bits per heavy atom. The predicted molar refractivity (Wildman–Crippen MR) is 70.9 cm³/mol. The van der Waals surface area contributed by atoms with E-state index in [1.54, 1.807) is 0 Å². The fourth-order valence-electron chi connectivity index (χ4n) is 2.75. The van der Waals surface area contributed by atoms with Gasteiger partial charge in [-0.1, -0.05) is 0 Å². The van der Waals surface area contributed by atoms with Gasteiger partial charge in [-0.3, -0.25) is 9.59 Å². The lowest BCUT2D eigenvalue weighted by molar-refractivity contribution is -0.120. The summed E-state index contributed by atoms with van der Waals surface area (Å²) in [6, 6.07) is 4.12. The van der Waals surface area contributed by atoms with E-state index in [-0.39, 0.29) is 17.5 Å². The maximum absolute atomic E-state index is 14.1. The van der Waals surface area contributed by atoms with Gasteiger partial charge in [-0.2, -0.15) is 0 Å². The number of carbonyl (C=O) groups excluding carboxylic acids is 2. The van der Waals surface area contributed by atoms with Gasteiger partial charge < -0.3 is 4.74 Å². The molecule has 0 radical (unpaired) electrons. The zero-order valence-electron chi connectivity index (χ0n) is 11.1. The molecule has 0 fully saturated rings. The number of methoxy groups -OCH3 is 1. The summed E-state index contributed by atoms with van der Waals surface area (Å²) >= 11 is 0. The molecule has 0 atom stereocenters. The van der Waals surface area contributed by atoms with Crippen molar-refractivity contribution >= 4 is 17.5 Å². The second-order valence-corrected chi connectivity index (χ2v) is 4.93. The lowest BCUT2D eigenvalue weighted by Gasteiger charge is -2.16. The van der Waals surface area contributed by atoms with Gasteiger partial charge in [0.1, 0.15) is 5.75 Å². The molecule has 0 saturated heterocycles. The first-order valence-corrected chi connectivity index (χ1v) is 6.58. The van der Waals surface area contributed by atoms with Gasteiger partial charge in [0.15, 0.2) is 5.82 Å². The highest BCUT2D eigenvalue weighted by molar-refractivity contribution is 6.33. The van der Waals surface area contributed by atoms with Gasteiger partial charge in [0.05, 0.1) is 12.8 Å². The highest BCUT2D eigenvalue weighted by atomic mass is 19.1. The van der Waals surface area contributed by atoms with Crippen LogP contribution in [0.3, 0.4) is 0 Å². The van der Waals surface area contributed by atoms with Crippen molar-refractivity contribution in [1.29, 1.82) is 0 Å². The van der Waals surface area contributed by atoms with E-state index in [0.29, 0.717) is 29.7 Å². The number of anilines is 1. The Morgan fingerprint density at radius 2 is 1.70 bits per heavy atom. The van der Waals surface area contributed by atoms with Crippen molar-refractivity contribution in [1.82, 2.24) is 0 Å². The Bertz CT molecular complexity index is 608. The van der Waals surface area contributed by atoms with Crippen molar-refractivity contribution in [3.63, 3.8) is 0 Å². The van der Waals surface area contributed by atoms with Crippen molar-refractivity contribution < 1.29 is 18.7 Å². The molecule has 0 saturated carbocycles. The summed E-state index contributed by atoms with van der Waals surface area (Å²) in [5.74, 6) is -1.04. The Labute approximate surface area is 115 Å². The van der Waals surface area contributed by atoms with Crippen LogP contribution in [-0.2, 0) is 9.59 Å². The minimum Gasteiger partial charge on any atom is -0.497 e. The number of halogens is 1. The van der Waals surface area contributed by atoms with Crippen LogP contribution < -0.4 is 9.64 Å². The normalized spacial score (nSPS) is 18.6. The average molecular weight is 275 g/mol. The molecule has 1 heterocycles. The van der Waals surface area contributed by atoms with Crippen molar-refractivity contribution in [2.45, 2.75) is 25.7 Å². The van der Waals surface area contributed by atoms with Crippen molar-refractivity contribution in [3.8, 4) is 5.75 Å². The maximum Gasteiger partial charge on any atom is 0.261 e. The van der Waals surface area contributed by atoms with Gasteiger partial charge in [0, 0.05) is 17.2 Å². The van der Waals surface area contributed by atoms with E-state index in [9.17, 15) is 14.0 Å². The van der Waals surface area contributed by atoms with E-state index in [4.69, 9.17) is 4.74 Å². The van der Waals surface area contributed by atoms with Gasteiger partial charge in [0.2, 0.25) is 0 Å². The highest BCUT2D eigenvalue weighted by Gasteiger charge is 2.40. The van der Waals surface area contributed by atoms with Crippen LogP contribution in [0, 0.1) is 5.82 Å². The molecule has 0 unspecified atom stereocenters. The number of imide groups is 1. The summed E-state index contributed by atoms with van der Waals surface area (Å²) in [6.45, 7) is 0. The van der Waals surface area contributed by atoms with Crippen LogP contribution in [0.5, 0.6) is 5.75 Å². The van der Waals surface area contributed by atoms with E-state index in [1.807, 2.05) is 0 Å². The zero-order chi connectivity index (χ0) is 14.3. The fraction of sp³-hybridized carbons (Fsp3) is 0.333. The van der Waals surface area contributed by atoms with Crippen LogP contribution >= 0.6 is 0 Å². The summed E-state index contributed by atoms with van der Waals surface area (Å²) in [5.41, 5.74) is 1.10. The Hall–Kier alpha value is -2.17. The van der Waals surface area contributed by atoms with Gasteiger partial charge in [-0.15, -0.1) is 0 Å². The highest BCUT2D eigenvalue weighted by Crippen LogP contribution is 2.37. The minimum atomic E-state index is -0.633. The van der Waals surface area contributed by atoms with Crippen molar-refractivity contribution in [3.05, 3.63) is 35.2 Å². The lowest BCUT2D eigenvalue weighted by atomic mass is 9.93. The molecule has 2 amide bonds. The number of amides is 2. The summed E-state index contributed by atoms with van der Waals surface area (Å²) in [4.78, 5) is 25.6. The molecule has 0 spiro atoms. The van der Waals surface area contributed by atoms with E-state index in [0.717, 1.165) is 17.7 Å². The van der Waals surface area contributed by atoms with Gasteiger partial charge >= 0.3 is 0 Å². The van der Waals surface area contributed by atoms with E-state index >= 15 is 0 Å². The lowest BCUT2D eigenvalue weighted by Crippen LogP contribution is -2.32. The van der Waals surface area contributed by atoms with Crippen LogP contribution in [0.4, 0.5) is 10.1 Å². The summed E-state index contributed by atoms with van der Waals surface area (Å²) in [7, 11) is 1.43. The molecule has 0 bridgehead atoms. The Kier molecular flexibility index (Phi) is 3.04. The molecule has 1 aromatic rings. The molecule has 1 aromatic carbocycles. The van der Waals surface area contributed by atoms with Gasteiger partial charge in [0.25, 0.3) is 11.8 Å². The third-order valence-electron chi connectivity index (χ3n) is 3.79. The SMILES string of the molecule is COc1ccc(N2C(=O)C3=C(CCCC3)C2=O)c(F)c1. The number of benzene rings is 1. The first-order chi connectivity index (χ1) is 9.63. The summed E-state index contributed by atoms with van der Waals surface area (Å²) in [6.07, 6.45) is 3.01. The average Bonchev–Trinajstić information content (AvgIpc) is 2.72. The fourth-order valence-corrected chi connectivity index (χ4v) is 2.75. The Morgan fingerprint density at radius 3 is 2.20 bits per heavy atom. The second kappa shape index (κ2) is 4.74. The predicted octanol–water partition coefficient (Wildman–Crippen LogP) is 2.58. The minimum absolute atomic E-state index is 0.00444. The zero-order valence-corrected chi connectivity index (χ0v) is 11.1. The molecule has 0 aromatic heterocycles.